The monoisotopic (exact) mass is 323 g/mol. The van der Waals surface area contributed by atoms with Crippen LogP contribution in [0.5, 0.6) is 5.75 Å². The lowest BCUT2D eigenvalue weighted by molar-refractivity contribution is -0.120. The molecule has 124 valence electrons. The van der Waals surface area contributed by atoms with Gasteiger partial charge in [0, 0.05) is 19.2 Å². The lowest BCUT2D eigenvalue weighted by Gasteiger charge is -2.18. The van der Waals surface area contributed by atoms with E-state index in [4.69, 9.17) is 4.74 Å². The van der Waals surface area contributed by atoms with Crippen LogP contribution in [-0.4, -0.2) is 25.3 Å². The fourth-order valence-corrected chi connectivity index (χ4v) is 3.26. The Morgan fingerprint density at radius 3 is 2.62 bits per heavy atom. The van der Waals surface area contributed by atoms with Gasteiger partial charge in [-0.1, -0.05) is 31.2 Å². The van der Waals surface area contributed by atoms with Gasteiger partial charge in [-0.15, -0.1) is 0 Å². The molecule has 1 aliphatic carbocycles. The minimum absolute atomic E-state index is 0.0947. The van der Waals surface area contributed by atoms with Gasteiger partial charge in [-0.3, -0.25) is 9.59 Å². The number of likely N-dealkylation sites (N-methyl/N-ethyl adjacent to an activating group) is 1. The van der Waals surface area contributed by atoms with E-state index in [1.54, 1.807) is 18.0 Å². The molecule has 0 unspecified atom stereocenters. The molecule has 1 atom stereocenters. The maximum absolute atomic E-state index is 12.3. The zero-order valence-corrected chi connectivity index (χ0v) is 14.2. The number of fused-ring (bicyclic) bond motifs is 1. The van der Waals surface area contributed by atoms with Crippen LogP contribution in [0.25, 0.3) is 0 Å². The van der Waals surface area contributed by atoms with Gasteiger partial charge in [-0.05, 0) is 42.2 Å². The van der Waals surface area contributed by atoms with Crippen LogP contribution in [0.1, 0.15) is 40.7 Å². The second-order valence-electron chi connectivity index (χ2n) is 6.27. The molecule has 0 radical (unpaired) electrons. The van der Waals surface area contributed by atoms with Gasteiger partial charge in [0.2, 0.25) is 0 Å². The van der Waals surface area contributed by atoms with Crippen molar-refractivity contribution in [3.63, 3.8) is 0 Å². The Labute approximate surface area is 142 Å². The average molecular weight is 323 g/mol. The van der Waals surface area contributed by atoms with E-state index in [1.807, 2.05) is 43.3 Å². The topological polar surface area (TPSA) is 46.6 Å². The second kappa shape index (κ2) is 6.48. The van der Waals surface area contributed by atoms with E-state index in [0.717, 1.165) is 16.8 Å². The number of hydrogen-bond donors (Lipinski definition) is 0. The standard InChI is InChI=1S/C20H21NO3/c1-13-9-10-17(20-16(22)11-14(2)19(13)20)24-12-18(23)21(3)15-7-5-4-6-8-15/h4-10,14H,11-12H2,1-3H3/t14-/m1/s1. The summed E-state index contributed by atoms with van der Waals surface area (Å²) in [4.78, 5) is 26.2. The van der Waals surface area contributed by atoms with Crippen molar-refractivity contribution in [1.29, 1.82) is 0 Å². The van der Waals surface area contributed by atoms with Gasteiger partial charge in [0.25, 0.3) is 5.91 Å². The van der Waals surface area contributed by atoms with Crippen LogP contribution in [-0.2, 0) is 4.79 Å². The number of ether oxygens (including phenoxy) is 1. The normalized spacial score (nSPS) is 16.0. The summed E-state index contributed by atoms with van der Waals surface area (Å²) in [5.41, 5.74) is 3.62. The van der Waals surface area contributed by atoms with Crippen molar-refractivity contribution < 1.29 is 14.3 Å². The lowest BCUT2D eigenvalue weighted by atomic mass is 9.97. The number of anilines is 1. The van der Waals surface area contributed by atoms with E-state index in [1.165, 1.54) is 0 Å². The van der Waals surface area contributed by atoms with Crippen molar-refractivity contribution in [3.8, 4) is 5.75 Å². The number of rotatable bonds is 4. The summed E-state index contributed by atoms with van der Waals surface area (Å²) in [6.07, 6.45) is 0.508. The Morgan fingerprint density at radius 1 is 1.21 bits per heavy atom. The van der Waals surface area contributed by atoms with Gasteiger partial charge in [0.15, 0.2) is 12.4 Å². The van der Waals surface area contributed by atoms with Gasteiger partial charge >= 0.3 is 0 Å². The van der Waals surface area contributed by atoms with Crippen molar-refractivity contribution in [2.75, 3.05) is 18.6 Å². The van der Waals surface area contributed by atoms with Crippen molar-refractivity contribution in [2.45, 2.75) is 26.2 Å². The number of carbonyl (C=O) groups is 2. The largest absolute Gasteiger partial charge is 0.483 e. The zero-order valence-electron chi connectivity index (χ0n) is 14.2. The maximum atomic E-state index is 12.3. The van der Waals surface area contributed by atoms with E-state index in [-0.39, 0.29) is 24.2 Å². The second-order valence-corrected chi connectivity index (χ2v) is 6.27. The predicted molar refractivity (Wildman–Crippen MR) is 93.9 cm³/mol. The van der Waals surface area contributed by atoms with Crippen LogP contribution in [0.15, 0.2) is 42.5 Å². The van der Waals surface area contributed by atoms with Crippen LogP contribution in [0, 0.1) is 6.92 Å². The van der Waals surface area contributed by atoms with E-state index >= 15 is 0 Å². The molecule has 1 amide bonds. The van der Waals surface area contributed by atoms with E-state index in [9.17, 15) is 9.59 Å². The highest BCUT2D eigenvalue weighted by Crippen LogP contribution is 2.40. The van der Waals surface area contributed by atoms with Gasteiger partial charge in [-0.25, -0.2) is 0 Å². The molecule has 0 aliphatic heterocycles. The number of nitrogens with zero attached hydrogens (tertiary/aromatic N) is 1. The van der Waals surface area contributed by atoms with E-state index in [2.05, 4.69) is 6.92 Å². The fourth-order valence-electron chi connectivity index (χ4n) is 3.26. The number of amides is 1. The number of Topliss-reactive ketones (excluding diaryl/α,β-unsaturated/α-hetero) is 1. The van der Waals surface area contributed by atoms with Gasteiger partial charge in [0.1, 0.15) is 5.75 Å². The quantitative estimate of drug-likeness (QED) is 0.861. The third-order valence-corrected chi connectivity index (χ3v) is 4.56. The molecule has 0 fully saturated rings. The molecule has 0 saturated carbocycles. The summed E-state index contributed by atoms with van der Waals surface area (Å²) in [7, 11) is 1.72. The Morgan fingerprint density at radius 2 is 1.92 bits per heavy atom. The van der Waals surface area contributed by atoms with Crippen LogP contribution >= 0.6 is 0 Å². The molecular weight excluding hydrogens is 302 g/mol. The molecule has 3 rings (SSSR count). The Balaban J connectivity index is 1.76. The molecule has 24 heavy (non-hydrogen) atoms. The number of para-hydroxylation sites is 1. The molecule has 0 N–H and O–H groups in total. The van der Waals surface area contributed by atoms with Crippen LogP contribution in [0.4, 0.5) is 5.69 Å². The van der Waals surface area contributed by atoms with Crippen molar-refractivity contribution in [3.05, 3.63) is 59.2 Å². The van der Waals surface area contributed by atoms with Crippen LogP contribution in [0.2, 0.25) is 0 Å². The number of carbonyl (C=O) groups excluding carboxylic acids is 2. The smallest absolute Gasteiger partial charge is 0.264 e. The van der Waals surface area contributed by atoms with Gasteiger partial charge < -0.3 is 9.64 Å². The summed E-state index contributed by atoms with van der Waals surface area (Å²) >= 11 is 0. The third kappa shape index (κ3) is 2.92. The molecule has 2 aromatic rings. The third-order valence-electron chi connectivity index (χ3n) is 4.56. The molecule has 0 aromatic heterocycles. The van der Waals surface area contributed by atoms with Gasteiger partial charge in [0.05, 0.1) is 5.56 Å². The van der Waals surface area contributed by atoms with E-state index in [0.29, 0.717) is 17.7 Å². The number of hydrogen-bond acceptors (Lipinski definition) is 3. The molecule has 0 spiro atoms. The highest BCUT2D eigenvalue weighted by molar-refractivity contribution is 6.04. The summed E-state index contributed by atoms with van der Waals surface area (Å²) in [6.45, 7) is 3.96. The minimum atomic E-state index is -0.158. The highest BCUT2D eigenvalue weighted by atomic mass is 16.5. The van der Waals surface area contributed by atoms with Crippen molar-refractivity contribution in [2.24, 2.45) is 0 Å². The first-order valence-corrected chi connectivity index (χ1v) is 8.10. The maximum Gasteiger partial charge on any atom is 0.264 e. The first kappa shape index (κ1) is 16.2. The highest BCUT2D eigenvalue weighted by Gasteiger charge is 2.31. The molecule has 1 aliphatic rings. The van der Waals surface area contributed by atoms with E-state index < -0.39 is 0 Å². The summed E-state index contributed by atoms with van der Waals surface area (Å²) in [6, 6.07) is 13.1. The minimum Gasteiger partial charge on any atom is -0.483 e. The number of benzene rings is 2. The average Bonchev–Trinajstić information content (AvgIpc) is 2.90. The molecule has 0 heterocycles. The fraction of sp³-hybridized carbons (Fsp3) is 0.300. The molecule has 0 saturated heterocycles. The summed E-state index contributed by atoms with van der Waals surface area (Å²) < 4.78 is 5.71. The molecule has 4 heteroatoms. The van der Waals surface area contributed by atoms with Crippen molar-refractivity contribution >= 4 is 17.4 Å². The molecule has 2 aromatic carbocycles. The first-order valence-electron chi connectivity index (χ1n) is 8.10. The Bertz CT molecular complexity index is 783. The predicted octanol–water partition coefficient (Wildman–Crippen LogP) is 3.73. The van der Waals surface area contributed by atoms with Crippen molar-refractivity contribution in [1.82, 2.24) is 0 Å². The van der Waals surface area contributed by atoms with Crippen LogP contribution < -0.4 is 9.64 Å². The lowest BCUT2D eigenvalue weighted by Crippen LogP contribution is -2.31. The first-order chi connectivity index (χ1) is 11.5. The zero-order chi connectivity index (χ0) is 17.3. The molecule has 0 bridgehead atoms. The van der Waals surface area contributed by atoms with Crippen LogP contribution in [0.3, 0.4) is 0 Å². The SMILES string of the molecule is Cc1ccc(OCC(=O)N(C)c2ccccc2)c2c1[C@H](C)CC2=O. The van der Waals surface area contributed by atoms with Gasteiger partial charge in [-0.2, -0.15) is 0 Å². The number of aryl methyl sites for hydroxylation is 1. The Kier molecular flexibility index (Phi) is 4.38. The number of ketones is 1. The summed E-state index contributed by atoms with van der Waals surface area (Å²) in [5.74, 6) is 0.660. The summed E-state index contributed by atoms with van der Waals surface area (Å²) in [5, 5.41) is 0. The molecule has 4 nitrogen and oxygen atoms in total. The Hall–Kier alpha value is -2.62. The molecular formula is C20H21NO3.